The van der Waals surface area contributed by atoms with Crippen molar-refractivity contribution in [1.29, 1.82) is 0 Å². The molecule has 3 aromatic heterocycles. The summed E-state index contributed by atoms with van der Waals surface area (Å²) in [5, 5.41) is 12.1. The second kappa shape index (κ2) is 17.4. The van der Waals surface area contributed by atoms with Gasteiger partial charge < -0.3 is 14.7 Å². The minimum atomic E-state index is -0.846. The molecule has 0 aliphatic carbocycles. The predicted octanol–water partition coefficient (Wildman–Crippen LogP) is 13.7. The van der Waals surface area contributed by atoms with Gasteiger partial charge in [0, 0.05) is 35.1 Å². The number of fused-ring (bicyclic) bond motifs is 3. The summed E-state index contributed by atoms with van der Waals surface area (Å²) in [6, 6.07) is 47.5. The normalized spacial score (nSPS) is 11.9. The van der Waals surface area contributed by atoms with E-state index in [9.17, 15) is 9.90 Å². The van der Waals surface area contributed by atoms with E-state index in [0.29, 0.717) is 12.2 Å². The van der Waals surface area contributed by atoms with Crippen LogP contribution in [0, 0.1) is 0 Å². The Morgan fingerprint density at radius 2 is 0.983 bits per heavy atom. The number of rotatable bonds is 14. The molecule has 0 spiro atoms. The molecule has 0 saturated heterocycles. The van der Waals surface area contributed by atoms with Crippen LogP contribution in [0.25, 0.3) is 67.1 Å². The monoisotopic (exact) mass is 824 g/mol. The van der Waals surface area contributed by atoms with E-state index in [1.807, 2.05) is 78.9 Å². The van der Waals surface area contributed by atoms with Crippen LogP contribution in [0.1, 0.15) is 44.6 Å². The second-order valence-electron chi connectivity index (χ2n) is 13.6. The van der Waals surface area contributed by atoms with E-state index in [4.69, 9.17) is 19.7 Å². The maximum absolute atomic E-state index is 11.3. The molecule has 9 aromatic rings. The number of hydrogen-bond acceptors (Lipinski definition) is 9. The smallest absolute Gasteiger partial charge is 0.303 e. The second-order valence-corrected chi connectivity index (χ2v) is 16.8. The fourth-order valence-electron chi connectivity index (χ4n) is 6.63. The van der Waals surface area contributed by atoms with Gasteiger partial charge in [-0.05, 0) is 115 Å². The largest absolute Gasteiger partial charge is 0.493 e. The molecule has 7 nitrogen and oxygen atoms in total. The molecule has 288 valence electrons. The van der Waals surface area contributed by atoms with Gasteiger partial charge in [-0.25, -0.2) is 15.0 Å². The van der Waals surface area contributed by atoms with Crippen molar-refractivity contribution in [3.8, 4) is 5.75 Å². The highest BCUT2D eigenvalue weighted by atomic mass is 32.1. The third kappa shape index (κ3) is 9.05. The molecule has 0 bridgehead atoms. The Balaban J connectivity index is 1.04. The molecule has 59 heavy (non-hydrogen) atoms. The molecule has 0 aliphatic heterocycles. The quantitative estimate of drug-likeness (QED) is 0.109. The first-order valence-electron chi connectivity index (χ1n) is 19.1. The van der Waals surface area contributed by atoms with Crippen LogP contribution in [0.3, 0.4) is 0 Å². The molecule has 10 heteroatoms. The minimum absolute atomic E-state index is 0.0300. The molecule has 0 radical (unpaired) electrons. The van der Waals surface area contributed by atoms with Crippen molar-refractivity contribution in [2.75, 3.05) is 11.5 Å². The summed E-state index contributed by atoms with van der Waals surface area (Å²) >= 11 is 4.98. The summed E-state index contributed by atoms with van der Waals surface area (Å²) in [4.78, 5) is 27.8. The Labute approximate surface area is 353 Å². The Morgan fingerprint density at radius 3 is 1.44 bits per heavy atom. The topological polar surface area (TPSA) is 88.4 Å². The molecule has 0 unspecified atom stereocenters. The molecule has 6 aromatic carbocycles. The van der Waals surface area contributed by atoms with Gasteiger partial charge in [0.2, 0.25) is 0 Å². The summed E-state index contributed by atoms with van der Waals surface area (Å²) in [5.41, 5.74) is 8.78. The summed E-state index contributed by atoms with van der Waals surface area (Å²) < 4.78 is 9.80. The number of aromatic nitrogens is 3. The number of hydrogen-bond donors (Lipinski definition) is 1. The molecule has 0 saturated carbocycles. The number of carboxylic acid groups (broad SMARTS) is 1. The lowest BCUT2D eigenvalue weighted by atomic mass is 10.1. The van der Waals surface area contributed by atoms with E-state index in [0.717, 1.165) is 70.0 Å². The zero-order valence-corrected chi connectivity index (χ0v) is 34.1. The number of aliphatic carboxylic acids is 1. The maximum Gasteiger partial charge on any atom is 0.303 e. The van der Waals surface area contributed by atoms with Gasteiger partial charge in [0.05, 0.1) is 37.3 Å². The lowest BCUT2D eigenvalue weighted by molar-refractivity contribution is -0.137. The highest BCUT2D eigenvalue weighted by Gasteiger charge is 2.16. The van der Waals surface area contributed by atoms with Crippen molar-refractivity contribution in [2.24, 2.45) is 0 Å². The van der Waals surface area contributed by atoms with Crippen LogP contribution in [-0.4, -0.2) is 32.6 Å². The van der Waals surface area contributed by atoms with Gasteiger partial charge in [-0.2, -0.15) is 0 Å². The van der Waals surface area contributed by atoms with Gasteiger partial charge in [0.15, 0.2) is 0 Å². The summed E-state index contributed by atoms with van der Waals surface area (Å²) in [6.07, 6.45) is 12.7. The highest BCUT2D eigenvalue weighted by molar-refractivity contribution is 7.20. The van der Waals surface area contributed by atoms with Gasteiger partial charge in [-0.1, -0.05) is 72.8 Å². The molecule has 0 atom stereocenters. The van der Waals surface area contributed by atoms with E-state index in [2.05, 4.69) is 102 Å². The number of para-hydroxylation sites is 3. The lowest BCUT2D eigenvalue weighted by Gasteiger charge is -2.26. The van der Waals surface area contributed by atoms with Crippen LogP contribution >= 0.6 is 34.0 Å². The first-order valence-corrected chi connectivity index (χ1v) is 21.6. The number of carbonyl (C=O) groups is 1. The van der Waals surface area contributed by atoms with Gasteiger partial charge >= 0.3 is 5.97 Å². The first kappa shape index (κ1) is 37.8. The number of anilines is 3. The van der Waals surface area contributed by atoms with Crippen LogP contribution in [0.2, 0.25) is 0 Å². The average molecular weight is 825 g/mol. The fourth-order valence-corrected chi connectivity index (χ4v) is 9.24. The van der Waals surface area contributed by atoms with Gasteiger partial charge in [0.25, 0.3) is 0 Å². The lowest BCUT2D eigenvalue weighted by Crippen LogP contribution is -2.11. The van der Waals surface area contributed by atoms with Crippen LogP contribution in [0.4, 0.5) is 17.1 Å². The van der Waals surface area contributed by atoms with Crippen LogP contribution in [-0.2, 0) is 4.79 Å². The fraction of sp³-hybridized carbons (Fsp3) is 0.0612. The third-order valence-corrected chi connectivity index (χ3v) is 12.5. The number of nitrogens with zero attached hydrogens (tertiary/aromatic N) is 4. The molecular formula is C49H36N4O3S3. The number of thiazole rings is 3. The van der Waals surface area contributed by atoms with E-state index >= 15 is 0 Å². The van der Waals surface area contributed by atoms with Crippen molar-refractivity contribution >= 4 is 124 Å². The Morgan fingerprint density at radius 1 is 0.542 bits per heavy atom. The summed E-state index contributed by atoms with van der Waals surface area (Å²) in [5.74, 6) is -0.192. The maximum atomic E-state index is 11.3. The van der Waals surface area contributed by atoms with Crippen molar-refractivity contribution in [3.63, 3.8) is 0 Å². The van der Waals surface area contributed by atoms with E-state index < -0.39 is 5.97 Å². The Kier molecular flexibility index (Phi) is 11.2. The van der Waals surface area contributed by atoms with Crippen molar-refractivity contribution in [1.82, 2.24) is 15.0 Å². The zero-order valence-electron chi connectivity index (χ0n) is 31.6. The molecule has 9 rings (SSSR count). The third-order valence-electron chi connectivity index (χ3n) is 9.52. The van der Waals surface area contributed by atoms with Crippen LogP contribution in [0.15, 0.2) is 140 Å². The summed E-state index contributed by atoms with van der Waals surface area (Å²) in [6.45, 7) is 0.267. The van der Waals surface area contributed by atoms with Gasteiger partial charge in [0.1, 0.15) is 20.8 Å². The predicted molar refractivity (Wildman–Crippen MR) is 249 cm³/mol. The van der Waals surface area contributed by atoms with E-state index in [1.165, 1.54) is 9.40 Å². The van der Waals surface area contributed by atoms with Crippen LogP contribution < -0.4 is 9.64 Å². The SMILES string of the molecule is O=C(O)CCCOc1cc(N(c2ccc(C=Cc3nc4ccccc4s3)cc2)c2ccc(C=Cc3nc4ccccc4s3)cc2)ccc1C=Cc1nc2ccccc2s1. The molecular weight excluding hydrogens is 789 g/mol. The van der Waals surface area contributed by atoms with Gasteiger partial charge in [-0.15, -0.1) is 34.0 Å². The first-order chi connectivity index (χ1) is 29.0. The Hall–Kier alpha value is -6.72. The number of benzene rings is 6. The van der Waals surface area contributed by atoms with Gasteiger partial charge in [-0.3, -0.25) is 4.79 Å². The highest BCUT2D eigenvalue weighted by Crippen LogP contribution is 2.39. The van der Waals surface area contributed by atoms with Crippen molar-refractivity contribution < 1.29 is 14.6 Å². The van der Waals surface area contributed by atoms with Crippen molar-refractivity contribution in [2.45, 2.75) is 12.8 Å². The summed E-state index contributed by atoms with van der Waals surface area (Å²) in [7, 11) is 0. The molecule has 0 aliphatic rings. The van der Waals surface area contributed by atoms with E-state index in [-0.39, 0.29) is 13.0 Å². The number of ether oxygens (including phenoxy) is 1. The molecule has 1 N–H and O–H groups in total. The standard InChI is InChI=1S/C49H36N4O3S3/c54-49(55)14-7-31-56-42-32-38(27-21-35(42)22-30-48-52-41-10-3-6-13-45(41)59-48)53(36-23-15-33(16-24-36)19-28-46-50-39-8-1-4-11-43(39)57-46)37-25-17-34(18-26-37)20-29-47-51-40-9-2-5-12-44(40)58-47/h1-6,8-13,15-30,32H,7,14,31H2,(H,54,55). The molecule has 0 amide bonds. The molecule has 0 fully saturated rings. The Bertz CT molecular complexity index is 2770. The minimum Gasteiger partial charge on any atom is -0.493 e. The van der Waals surface area contributed by atoms with E-state index in [1.54, 1.807) is 34.0 Å². The van der Waals surface area contributed by atoms with Crippen LogP contribution in [0.5, 0.6) is 5.75 Å². The molecule has 3 heterocycles. The number of carboxylic acids is 1. The average Bonchev–Trinajstić information content (AvgIpc) is 4.00. The van der Waals surface area contributed by atoms with Crippen molar-refractivity contribution in [3.05, 3.63) is 171 Å². The zero-order chi connectivity index (χ0) is 40.0.